The van der Waals surface area contributed by atoms with Gasteiger partial charge in [0.15, 0.2) is 0 Å². The average Bonchev–Trinajstić information content (AvgIpc) is 2.62. The summed E-state index contributed by atoms with van der Waals surface area (Å²) < 4.78 is 0. The zero-order chi connectivity index (χ0) is 20.8. The van der Waals surface area contributed by atoms with Crippen LogP contribution >= 0.6 is 0 Å². The summed E-state index contributed by atoms with van der Waals surface area (Å²) >= 11 is 0. The van der Waals surface area contributed by atoms with Crippen LogP contribution in [0.2, 0.25) is 0 Å². The van der Waals surface area contributed by atoms with Crippen LogP contribution in [0, 0.1) is 11.8 Å². The SMILES string of the molecule is C=C(CC)C(O)C(CCCCC(C)N)CNC(O)C(C)CCCNC(C)C. The highest BCUT2D eigenvalue weighted by Gasteiger charge is 2.23. The average molecular weight is 386 g/mol. The van der Waals surface area contributed by atoms with Crippen LogP contribution in [-0.4, -0.2) is 47.7 Å². The van der Waals surface area contributed by atoms with Crippen LogP contribution in [0.25, 0.3) is 0 Å². The van der Waals surface area contributed by atoms with Crippen molar-refractivity contribution >= 4 is 0 Å². The minimum Gasteiger partial charge on any atom is -0.388 e. The Hall–Kier alpha value is -0.460. The number of aliphatic hydroxyl groups excluding tert-OH is 2. The molecule has 0 amide bonds. The number of hydrogen-bond donors (Lipinski definition) is 5. The topological polar surface area (TPSA) is 90.5 Å². The molecule has 0 aromatic heterocycles. The minimum absolute atomic E-state index is 0.0787. The van der Waals surface area contributed by atoms with E-state index in [-0.39, 0.29) is 17.9 Å². The highest BCUT2D eigenvalue weighted by atomic mass is 16.3. The molecule has 0 aromatic carbocycles. The molecular formula is C22H47N3O2. The Morgan fingerprint density at radius 3 is 2.15 bits per heavy atom. The number of aliphatic hydroxyl groups is 2. The number of rotatable bonds is 17. The van der Waals surface area contributed by atoms with E-state index in [2.05, 4.69) is 38.0 Å². The molecule has 0 radical (unpaired) electrons. The Balaban J connectivity index is 4.39. The predicted octanol–water partition coefficient (Wildman–Crippen LogP) is 3.16. The lowest BCUT2D eigenvalue weighted by molar-refractivity contribution is 0.0582. The molecule has 5 atom stereocenters. The molecule has 0 saturated carbocycles. The Bertz CT molecular complexity index is 375. The van der Waals surface area contributed by atoms with Crippen molar-refractivity contribution in [2.75, 3.05) is 13.1 Å². The van der Waals surface area contributed by atoms with E-state index in [1.807, 2.05) is 13.8 Å². The Morgan fingerprint density at radius 1 is 0.963 bits per heavy atom. The maximum atomic E-state index is 10.6. The lowest BCUT2D eigenvalue weighted by Gasteiger charge is -2.28. The van der Waals surface area contributed by atoms with Crippen molar-refractivity contribution in [3.8, 4) is 0 Å². The van der Waals surface area contributed by atoms with Crippen LogP contribution in [0.15, 0.2) is 12.2 Å². The van der Waals surface area contributed by atoms with Gasteiger partial charge in [-0.25, -0.2) is 0 Å². The van der Waals surface area contributed by atoms with Gasteiger partial charge in [0.1, 0.15) is 6.23 Å². The van der Waals surface area contributed by atoms with Gasteiger partial charge in [0.2, 0.25) is 0 Å². The van der Waals surface area contributed by atoms with E-state index in [1.165, 1.54) is 0 Å². The van der Waals surface area contributed by atoms with E-state index in [9.17, 15) is 10.2 Å². The maximum Gasteiger partial charge on any atom is 0.107 e. The van der Waals surface area contributed by atoms with Gasteiger partial charge in [0.25, 0.3) is 0 Å². The van der Waals surface area contributed by atoms with Gasteiger partial charge in [-0.1, -0.05) is 47.1 Å². The van der Waals surface area contributed by atoms with Gasteiger partial charge < -0.3 is 21.3 Å². The second kappa shape index (κ2) is 15.5. The molecule has 0 aliphatic heterocycles. The summed E-state index contributed by atoms with van der Waals surface area (Å²) in [6, 6.07) is 0.726. The summed E-state index contributed by atoms with van der Waals surface area (Å²) in [4.78, 5) is 0. The molecule has 0 bridgehead atoms. The summed E-state index contributed by atoms with van der Waals surface area (Å²) in [7, 11) is 0. The largest absolute Gasteiger partial charge is 0.388 e. The first-order valence-electron chi connectivity index (χ1n) is 10.9. The van der Waals surface area contributed by atoms with Crippen molar-refractivity contribution in [1.82, 2.24) is 10.6 Å². The zero-order valence-electron chi connectivity index (χ0n) is 18.5. The van der Waals surface area contributed by atoms with Crippen LogP contribution in [0.1, 0.15) is 79.6 Å². The molecule has 0 aliphatic rings. The third-order valence-electron chi connectivity index (χ3n) is 5.32. The van der Waals surface area contributed by atoms with E-state index in [4.69, 9.17) is 5.73 Å². The van der Waals surface area contributed by atoms with E-state index in [1.54, 1.807) is 0 Å². The first kappa shape index (κ1) is 26.5. The van der Waals surface area contributed by atoms with Crippen LogP contribution in [-0.2, 0) is 0 Å². The molecule has 0 spiro atoms. The highest BCUT2D eigenvalue weighted by molar-refractivity contribution is 5.03. The van der Waals surface area contributed by atoms with Gasteiger partial charge in [-0.3, -0.25) is 5.32 Å². The molecule has 6 N–H and O–H groups in total. The third-order valence-corrected chi connectivity index (χ3v) is 5.32. The van der Waals surface area contributed by atoms with Gasteiger partial charge in [-0.2, -0.15) is 0 Å². The molecule has 162 valence electrons. The van der Waals surface area contributed by atoms with Gasteiger partial charge in [0.05, 0.1) is 6.10 Å². The van der Waals surface area contributed by atoms with Gasteiger partial charge in [-0.05, 0) is 57.1 Å². The van der Waals surface area contributed by atoms with Crippen LogP contribution in [0.5, 0.6) is 0 Å². The maximum absolute atomic E-state index is 10.6. The van der Waals surface area contributed by atoms with Crippen LogP contribution in [0.4, 0.5) is 0 Å². The molecule has 5 unspecified atom stereocenters. The normalized spacial score (nSPS) is 17.5. The number of hydrogen-bond acceptors (Lipinski definition) is 5. The minimum atomic E-state index is -0.544. The fourth-order valence-corrected chi connectivity index (χ4v) is 3.23. The lowest BCUT2D eigenvalue weighted by Crippen LogP contribution is -2.41. The van der Waals surface area contributed by atoms with E-state index >= 15 is 0 Å². The van der Waals surface area contributed by atoms with Gasteiger partial charge in [-0.15, -0.1) is 0 Å². The van der Waals surface area contributed by atoms with Crippen LogP contribution < -0.4 is 16.4 Å². The molecule has 0 aromatic rings. The molecule has 27 heavy (non-hydrogen) atoms. The highest BCUT2D eigenvalue weighted by Crippen LogP contribution is 2.21. The molecule has 0 saturated heterocycles. The fourth-order valence-electron chi connectivity index (χ4n) is 3.23. The van der Waals surface area contributed by atoms with Crippen LogP contribution in [0.3, 0.4) is 0 Å². The number of unbranched alkanes of at least 4 members (excludes halogenated alkanes) is 1. The number of nitrogens with two attached hydrogens (primary N) is 1. The Labute approximate surface area is 168 Å². The zero-order valence-corrected chi connectivity index (χ0v) is 18.5. The Kier molecular flexibility index (Phi) is 15.2. The van der Waals surface area contributed by atoms with Crippen molar-refractivity contribution in [2.24, 2.45) is 17.6 Å². The molecule has 0 fully saturated rings. The summed E-state index contributed by atoms with van der Waals surface area (Å²) in [5, 5.41) is 27.7. The van der Waals surface area contributed by atoms with Crippen molar-refractivity contribution in [3.63, 3.8) is 0 Å². The lowest BCUT2D eigenvalue weighted by atomic mass is 9.89. The standard InChI is InChI=1S/C22H47N3O2/c1-7-17(4)21(26)20(13-9-8-12-19(6)23)15-25-22(27)18(5)11-10-14-24-16(2)3/h16,18-22,24-27H,4,7-15,23H2,1-3,5-6H3. The van der Waals surface area contributed by atoms with Gasteiger partial charge >= 0.3 is 0 Å². The first-order valence-corrected chi connectivity index (χ1v) is 10.9. The molecular weight excluding hydrogens is 338 g/mol. The fraction of sp³-hybridized carbons (Fsp3) is 0.909. The summed E-state index contributed by atoms with van der Waals surface area (Å²) in [5.74, 6) is 0.263. The number of nitrogens with one attached hydrogen (secondary N) is 2. The Morgan fingerprint density at radius 2 is 1.59 bits per heavy atom. The van der Waals surface area contributed by atoms with Gasteiger partial charge in [0, 0.05) is 24.5 Å². The quantitative estimate of drug-likeness (QED) is 0.151. The second-order valence-corrected chi connectivity index (χ2v) is 8.56. The first-order chi connectivity index (χ1) is 12.7. The molecule has 5 nitrogen and oxygen atoms in total. The van der Waals surface area contributed by atoms with Crippen molar-refractivity contribution in [1.29, 1.82) is 0 Å². The predicted molar refractivity (Wildman–Crippen MR) is 117 cm³/mol. The van der Waals surface area contributed by atoms with Crippen molar-refractivity contribution in [2.45, 2.75) is 104 Å². The second-order valence-electron chi connectivity index (χ2n) is 8.56. The molecule has 0 rings (SSSR count). The summed E-state index contributed by atoms with van der Waals surface area (Å²) in [5.41, 5.74) is 6.70. The molecule has 5 heteroatoms. The third kappa shape index (κ3) is 13.4. The smallest absolute Gasteiger partial charge is 0.107 e. The molecule has 0 aliphatic carbocycles. The van der Waals surface area contributed by atoms with E-state index < -0.39 is 12.3 Å². The van der Waals surface area contributed by atoms with Crippen molar-refractivity contribution in [3.05, 3.63) is 12.2 Å². The summed E-state index contributed by atoms with van der Waals surface area (Å²) in [6.07, 6.45) is 5.77. The monoisotopic (exact) mass is 385 g/mol. The molecule has 0 heterocycles. The summed E-state index contributed by atoms with van der Waals surface area (Å²) in [6.45, 7) is 16.0. The van der Waals surface area contributed by atoms with E-state index in [0.717, 1.165) is 57.1 Å². The van der Waals surface area contributed by atoms with Crippen molar-refractivity contribution < 1.29 is 10.2 Å². The van der Waals surface area contributed by atoms with E-state index in [0.29, 0.717) is 12.6 Å².